The van der Waals surface area contributed by atoms with E-state index in [2.05, 4.69) is 10.6 Å². The Morgan fingerprint density at radius 1 is 1.24 bits per heavy atom. The molecule has 0 saturated carbocycles. The summed E-state index contributed by atoms with van der Waals surface area (Å²) >= 11 is 1.64. The minimum atomic E-state index is -1.00. The predicted octanol–water partition coefficient (Wildman–Crippen LogP) is 2.58. The van der Waals surface area contributed by atoms with Crippen molar-refractivity contribution in [2.45, 2.75) is 31.2 Å². The summed E-state index contributed by atoms with van der Waals surface area (Å²) in [6.45, 7) is 4.33. The number of aliphatic carboxylic acids is 1. The van der Waals surface area contributed by atoms with Gasteiger partial charge in [0.05, 0.1) is 0 Å². The van der Waals surface area contributed by atoms with Crippen LogP contribution in [0.1, 0.15) is 20.3 Å². The molecule has 1 unspecified atom stereocenters. The molecule has 0 saturated heterocycles. The van der Waals surface area contributed by atoms with Gasteiger partial charge in [0, 0.05) is 17.2 Å². The Morgan fingerprint density at radius 2 is 1.90 bits per heavy atom. The fourth-order valence-electron chi connectivity index (χ4n) is 1.75. The molecule has 1 rings (SSSR count). The first-order valence-electron chi connectivity index (χ1n) is 6.94. The van der Waals surface area contributed by atoms with Gasteiger partial charge in [0.25, 0.3) is 0 Å². The van der Waals surface area contributed by atoms with Gasteiger partial charge in [0.1, 0.15) is 6.04 Å². The number of urea groups is 1. The quantitative estimate of drug-likeness (QED) is 0.509. The maximum absolute atomic E-state index is 11.7. The molecule has 0 aliphatic heterocycles. The predicted molar refractivity (Wildman–Crippen MR) is 84.6 cm³/mol. The third kappa shape index (κ3) is 7.60. The van der Waals surface area contributed by atoms with Gasteiger partial charge in [-0.2, -0.15) is 0 Å². The fourth-order valence-corrected chi connectivity index (χ4v) is 2.54. The molecule has 0 aromatic heterocycles. The van der Waals surface area contributed by atoms with Crippen LogP contribution >= 0.6 is 11.8 Å². The van der Waals surface area contributed by atoms with Crippen LogP contribution < -0.4 is 10.6 Å². The molecule has 5 nitrogen and oxygen atoms in total. The Labute approximate surface area is 129 Å². The van der Waals surface area contributed by atoms with E-state index in [0.29, 0.717) is 13.0 Å². The van der Waals surface area contributed by atoms with Crippen LogP contribution in [0.25, 0.3) is 0 Å². The lowest BCUT2D eigenvalue weighted by atomic mass is 10.0. The summed E-state index contributed by atoms with van der Waals surface area (Å²) in [5.74, 6) is -0.0585. The molecule has 6 heteroatoms. The van der Waals surface area contributed by atoms with Crippen LogP contribution in [0.15, 0.2) is 35.2 Å². The minimum absolute atomic E-state index is 0.208. The van der Waals surface area contributed by atoms with Crippen molar-refractivity contribution in [3.05, 3.63) is 30.3 Å². The van der Waals surface area contributed by atoms with Crippen LogP contribution in [0.4, 0.5) is 4.79 Å². The smallest absolute Gasteiger partial charge is 0.326 e. The second kappa shape index (κ2) is 9.28. The van der Waals surface area contributed by atoms with E-state index in [1.54, 1.807) is 11.8 Å². The van der Waals surface area contributed by atoms with Gasteiger partial charge < -0.3 is 15.7 Å². The number of rotatable bonds is 8. The Bertz CT molecular complexity index is 451. The van der Waals surface area contributed by atoms with Crippen molar-refractivity contribution in [3.8, 4) is 0 Å². The number of carbonyl (C=O) groups excluding carboxylic acids is 1. The van der Waals surface area contributed by atoms with Gasteiger partial charge in [-0.25, -0.2) is 9.59 Å². The van der Waals surface area contributed by atoms with Gasteiger partial charge in [0.15, 0.2) is 0 Å². The van der Waals surface area contributed by atoms with E-state index < -0.39 is 18.0 Å². The third-order valence-corrected chi connectivity index (χ3v) is 3.72. The maximum atomic E-state index is 11.7. The summed E-state index contributed by atoms with van der Waals surface area (Å²) in [5.41, 5.74) is 0. The zero-order valence-electron chi connectivity index (χ0n) is 12.3. The highest BCUT2D eigenvalue weighted by atomic mass is 32.2. The topological polar surface area (TPSA) is 78.4 Å². The highest BCUT2D eigenvalue weighted by molar-refractivity contribution is 7.99. The first kappa shape index (κ1) is 17.4. The molecular formula is C15H22N2O3S. The number of carboxylic acid groups (broad SMARTS) is 1. The Morgan fingerprint density at radius 3 is 2.48 bits per heavy atom. The van der Waals surface area contributed by atoms with E-state index in [9.17, 15) is 9.59 Å². The summed E-state index contributed by atoms with van der Waals surface area (Å²) in [4.78, 5) is 23.8. The lowest BCUT2D eigenvalue weighted by Crippen LogP contribution is -2.47. The molecule has 21 heavy (non-hydrogen) atoms. The highest BCUT2D eigenvalue weighted by Gasteiger charge is 2.20. The molecular weight excluding hydrogens is 288 g/mol. The number of carbonyl (C=O) groups is 2. The average molecular weight is 310 g/mol. The number of benzene rings is 1. The molecule has 0 heterocycles. The Kier molecular flexibility index (Phi) is 7.68. The zero-order chi connectivity index (χ0) is 15.7. The van der Waals surface area contributed by atoms with Crippen molar-refractivity contribution < 1.29 is 14.7 Å². The number of hydrogen-bond acceptors (Lipinski definition) is 3. The molecule has 1 aromatic carbocycles. The van der Waals surface area contributed by atoms with Crippen molar-refractivity contribution in [1.82, 2.24) is 10.6 Å². The molecule has 0 spiro atoms. The third-order valence-electron chi connectivity index (χ3n) is 2.71. The van der Waals surface area contributed by atoms with Crippen LogP contribution in [0.2, 0.25) is 0 Å². The molecule has 116 valence electrons. The molecule has 1 aromatic rings. The van der Waals surface area contributed by atoms with Crippen LogP contribution in [0.3, 0.4) is 0 Å². The average Bonchev–Trinajstić information content (AvgIpc) is 2.43. The molecule has 0 bridgehead atoms. The van der Waals surface area contributed by atoms with Gasteiger partial charge in [0.2, 0.25) is 0 Å². The lowest BCUT2D eigenvalue weighted by molar-refractivity contribution is -0.139. The molecule has 2 amide bonds. The van der Waals surface area contributed by atoms with Gasteiger partial charge >= 0.3 is 12.0 Å². The van der Waals surface area contributed by atoms with Crippen LogP contribution in [-0.4, -0.2) is 35.4 Å². The molecule has 0 aliphatic rings. The second-order valence-corrected chi connectivity index (χ2v) is 6.25. The first-order chi connectivity index (χ1) is 9.99. The number of carboxylic acids is 1. The normalized spacial score (nSPS) is 12.0. The molecule has 0 aliphatic carbocycles. The van der Waals surface area contributed by atoms with Crippen molar-refractivity contribution in [2.24, 2.45) is 5.92 Å². The standard InChI is InChI=1S/C15H22N2O3S/c1-11(2)10-13(14(18)19)17-15(20)16-8-9-21-12-6-4-3-5-7-12/h3-7,11,13H,8-10H2,1-2H3,(H,18,19)(H2,16,17,20). The highest BCUT2D eigenvalue weighted by Crippen LogP contribution is 2.15. The molecule has 3 N–H and O–H groups in total. The van der Waals surface area contributed by atoms with Crippen molar-refractivity contribution in [2.75, 3.05) is 12.3 Å². The SMILES string of the molecule is CC(C)CC(NC(=O)NCCSc1ccccc1)C(=O)O. The largest absolute Gasteiger partial charge is 0.480 e. The van der Waals surface area contributed by atoms with E-state index in [0.717, 1.165) is 10.6 Å². The fraction of sp³-hybridized carbons (Fsp3) is 0.467. The van der Waals surface area contributed by atoms with Gasteiger partial charge in [-0.3, -0.25) is 0 Å². The van der Waals surface area contributed by atoms with Gasteiger partial charge in [-0.15, -0.1) is 11.8 Å². The Balaban J connectivity index is 2.25. The van der Waals surface area contributed by atoms with Crippen molar-refractivity contribution in [3.63, 3.8) is 0 Å². The summed E-state index contributed by atoms with van der Waals surface area (Å²) in [5, 5.41) is 14.2. The van der Waals surface area contributed by atoms with Crippen LogP contribution in [-0.2, 0) is 4.79 Å². The summed E-state index contributed by atoms with van der Waals surface area (Å²) in [7, 11) is 0. The monoisotopic (exact) mass is 310 g/mol. The lowest BCUT2D eigenvalue weighted by Gasteiger charge is -2.16. The van der Waals surface area contributed by atoms with Crippen LogP contribution in [0.5, 0.6) is 0 Å². The van der Waals surface area contributed by atoms with Crippen molar-refractivity contribution >= 4 is 23.8 Å². The Hall–Kier alpha value is -1.69. The number of amides is 2. The summed E-state index contributed by atoms with van der Waals surface area (Å²) in [6, 6.07) is 8.62. The molecule has 0 radical (unpaired) electrons. The van der Waals surface area contributed by atoms with E-state index in [1.165, 1.54) is 0 Å². The molecule has 1 atom stereocenters. The first-order valence-corrected chi connectivity index (χ1v) is 7.92. The van der Waals surface area contributed by atoms with E-state index in [-0.39, 0.29) is 5.92 Å². The zero-order valence-corrected chi connectivity index (χ0v) is 13.2. The summed E-state index contributed by atoms with van der Waals surface area (Å²) < 4.78 is 0. The van der Waals surface area contributed by atoms with E-state index in [4.69, 9.17) is 5.11 Å². The number of hydrogen-bond donors (Lipinski definition) is 3. The molecule has 0 fully saturated rings. The van der Waals surface area contributed by atoms with Crippen LogP contribution in [0, 0.1) is 5.92 Å². The van der Waals surface area contributed by atoms with E-state index in [1.807, 2.05) is 44.2 Å². The minimum Gasteiger partial charge on any atom is -0.480 e. The van der Waals surface area contributed by atoms with Crippen molar-refractivity contribution in [1.29, 1.82) is 0 Å². The van der Waals surface area contributed by atoms with Gasteiger partial charge in [-0.1, -0.05) is 32.0 Å². The summed E-state index contributed by atoms with van der Waals surface area (Å²) in [6.07, 6.45) is 0.418. The number of nitrogens with one attached hydrogen (secondary N) is 2. The second-order valence-electron chi connectivity index (χ2n) is 5.08. The van der Waals surface area contributed by atoms with Gasteiger partial charge in [-0.05, 0) is 24.5 Å². The maximum Gasteiger partial charge on any atom is 0.326 e. The van der Waals surface area contributed by atoms with E-state index >= 15 is 0 Å². The number of thioether (sulfide) groups is 1.